The third kappa shape index (κ3) is 3.87. The first-order chi connectivity index (χ1) is 14.5. The van der Waals surface area contributed by atoms with Crippen LogP contribution in [0.25, 0.3) is 0 Å². The summed E-state index contributed by atoms with van der Waals surface area (Å²) in [6.07, 6.45) is 4.10. The number of fused-ring (bicyclic) bond motifs is 1. The lowest BCUT2D eigenvalue weighted by molar-refractivity contribution is 0.0726. The Balaban J connectivity index is 1.60. The Morgan fingerprint density at radius 3 is 2.43 bits per heavy atom. The molecule has 0 bridgehead atoms. The van der Waals surface area contributed by atoms with E-state index in [0.29, 0.717) is 48.7 Å². The van der Waals surface area contributed by atoms with Crippen molar-refractivity contribution in [3.05, 3.63) is 76.6 Å². The van der Waals surface area contributed by atoms with E-state index < -0.39 is 0 Å². The lowest BCUT2D eigenvalue weighted by atomic mass is 9.95. The van der Waals surface area contributed by atoms with Crippen LogP contribution < -0.4 is 9.47 Å². The fourth-order valence-electron chi connectivity index (χ4n) is 3.80. The molecule has 0 unspecified atom stereocenters. The third-order valence-corrected chi connectivity index (χ3v) is 5.49. The Bertz CT molecular complexity index is 1070. The predicted octanol–water partition coefficient (Wildman–Crippen LogP) is 3.59. The van der Waals surface area contributed by atoms with Crippen LogP contribution in [0.4, 0.5) is 4.39 Å². The Morgan fingerprint density at radius 2 is 1.80 bits per heavy atom. The van der Waals surface area contributed by atoms with Crippen LogP contribution in [0.5, 0.6) is 11.5 Å². The molecule has 7 heteroatoms. The molecule has 4 rings (SSSR count). The van der Waals surface area contributed by atoms with Gasteiger partial charge in [-0.25, -0.2) is 9.37 Å². The summed E-state index contributed by atoms with van der Waals surface area (Å²) in [6, 6.07) is 8.77. The van der Waals surface area contributed by atoms with Crippen LogP contribution in [-0.4, -0.2) is 41.1 Å². The van der Waals surface area contributed by atoms with Gasteiger partial charge in [-0.15, -0.1) is 0 Å². The molecule has 156 valence electrons. The van der Waals surface area contributed by atoms with Crippen molar-refractivity contribution in [2.24, 2.45) is 0 Å². The Kier molecular flexibility index (Phi) is 5.44. The Hall–Kier alpha value is -3.35. The van der Waals surface area contributed by atoms with Gasteiger partial charge in [0, 0.05) is 42.7 Å². The van der Waals surface area contributed by atoms with E-state index in [2.05, 4.69) is 4.98 Å². The number of methoxy groups -OCH3 is 2. The number of carbonyl (C=O) groups is 1. The number of nitrogens with zero attached hydrogens (tertiary/aromatic N) is 3. The zero-order chi connectivity index (χ0) is 21.3. The second kappa shape index (κ2) is 8.18. The van der Waals surface area contributed by atoms with Gasteiger partial charge in [-0.3, -0.25) is 4.79 Å². The van der Waals surface area contributed by atoms with Crippen LogP contribution in [0.3, 0.4) is 0 Å². The number of benzene rings is 2. The van der Waals surface area contributed by atoms with Crippen molar-refractivity contribution < 1.29 is 18.7 Å². The van der Waals surface area contributed by atoms with E-state index in [4.69, 9.17) is 9.47 Å². The minimum Gasteiger partial charge on any atom is -0.497 e. The van der Waals surface area contributed by atoms with Gasteiger partial charge >= 0.3 is 0 Å². The molecular formula is C23H24FN3O3. The van der Waals surface area contributed by atoms with Gasteiger partial charge in [0.2, 0.25) is 0 Å². The fourth-order valence-corrected chi connectivity index (χ4v) is 3.80. The smallest absolute Gasteiger partial charge is 0.254 e. The average Bonchev–Trinajstić information content (AvgIpc) is 3.15. The molecule has 1 aliphatic heterocycles. The standard InChI is InChI=1S/C23H24FN3O3/c1-15-25-5-7-26(15)14-18-10-21-17(11-22(18)24)4-6-27(23(21)28)13-16-8-19(29-2)12-20(9-16)30-3/h5,7-12H,4,6,13-14H2,1-3H3. The summed E-state index contributed by atoms with van der Waals surface area (Å²) in [7, 11) is 3.19. The second-order valence-electron chi connectivity index (χ2n) is 7.40. The maximum Gasteiger partial charge on any atom is 0.254 e. The van der Waals surface area contributed by atoms with Crippen molar-refractivity contribution in [2.45, 2.75) is 26.4 Å². The number of ether oxygens (including phenoxy) is 2. The minimum absolute atomic E-state index is 0.0957. The van der Waals surface area contributed by atoms with E-state index in [1.165, 1.54) is 6.07 Å². The lowest BCUT2D eigenvalue weighted by Gasteiger charge is -2.29. The van der Waals surface area contributed by atoms with Crippen LogP contribution >= 0.6 is 0 Å². The molecule has 0 aliphatic carbocycles. The molecule has 3 aromatic rings. The molecule has 0 fully saturated rings. The molecule has 0 radical (unpaired) electrons. The lowest BCUT2D eigenvalue weighted by Crippen LogP contribution is -2.37. The predicted molar refractivity (Wildman–Crippen MR) is 110 cm³/mol. The van der Waals surface area contributed by atoms with E-state index in [1.807, 2.05) is 23.6 Å². The largest absolute Gasteiger partial charge is 0.497 e. The van der Waals surface area contributed by atoms with Gasteiger partial charge < -0.3 is 18.9 Å². The number of rotatable bonds is 6. The molecular weight excluding hydrogens is 385 g/mol. The van der Waals surface area contributed by atoms with Crippen LogP contribution in [0.15, 0.2) is 42.7 Å². The number of carbonyl (C=O) groups excluding carboxylic acids is 1. The molecule has 1 aliphatic rings. The monoisotopic (exact) mass is 409 g/mol. The van der Waals surface area contributed by atoms with E-state index in [0.717, 1.165) is 17.0 Å². The van der Waals surface area contributed by atoms with Crippen molar-refractivity contribution in [3.8, 4) is 11.5 Å². The summed E-state index contributed by atoms with van der Waals surface area (Å²) >= 11 is 0. The number of imidazole rings is 1. The SMILES string of the molecule is COc1cc(CN2CCc3cc(F)c(Cn4ccnc4C)cc3C2=O)cc(OC)c1. The van der Waals surface area contributed by atoms with Crippen molar-refractivity contribution in [3.63, 3.8) is 0 Å². The number of hydrogen-bond acceptors (Lipinski definition) is 4. The highest BCUT2D eigenvalue weighted by atomic mass is 19.1. The average molecular weight is 409 g/mol. The Morgan fingerprint density at radius 1 is 1.07 bits per heavy atom. The van der Waals surface area contributed by atoms with Crippen LogP contribution in [-0.2, 0) is 19.5 Å². The van der Waals surface area contributed by atoms with Gasteiger partial charge in [0.25, 0.3) is 5.91 Å². The van der Waals surface area contributed by atoms with Crippen LogP contribution in [0.1, 0.15) is 32.9 Å². The summed E-state index contributed by atoms with van der Waals surface area (Å²) in [5.41, 5.74) is 2.71. The third-order valence-electron chi connectivity index (χ3n) is 5.49. The summed E-state index contributed by atoms with van der Waals surface area (Å²) in [5.74, 6) is 1.76. The maximum absolute atomic E-state index is 14.7. The molecule has 0 saturated heterocycles. The summed E-state index contributed by atoms with van der Waals surface area (Å²) in [5, 5.41) is 0. The van der Waals surface area contributed by atoms with Crippen molar-refractivity contribution >= 4 is 5.91 Å². The van der Waals surface area contributed by atoms with Gasteiger partial charge in [0.05, 0.1) is 20.8 Å². The van der Waals surface area contributed by atoms with Gasteiger partial charge in [0.1, 0.15) is 23.1 Å². The molecule has 0 spiro atoms. The molecule has 30 heavy (non-hydrogen) atoms. The first kappa shape index (κ1) is 19.9. The number of aromatic nitrogens is 2. The van der Waals surface area contributed by atoms with Crippen molar-refractivity contribution in [1.29, 1.82) is 0 Å². The molecule has 6 nitrogen and oxygen atoms in total. The van der Waals surface area contributed by atoms with Crippen LogP contribution in [0.2, 0.25) is 0 Å². The van der Waals surface area contributed by atoms with Gasteiger partial charge in [0.15, 0.2) is 0 Å². The van der Waals surface area contributed by atoms with Gasteiger partial charge in [-0.05, 0) is 48.7 Å². The molecule has 2 aromatic carbocycles. The van der Waals surface area contributed by atoms with Crippen molar-refractivity contribution in [2.75, 3.05) is 20.8 Å². The van der Waals surface area contributed by atoms with Crippen molar-refractivity contribution in [1.82, 2.24) is 14.5 Å². The molecule has 0 saturated carbocycles. The number of aryl methyl sites for hydroxylation is 1. The van der Waals surface area contributed by atoms with E-state index >= 15 is 0 Å². The topological polar surface area (TPSA) is 56.6 Å². The highest BCUT2D eigenvalue weighted by molar-refractivity contribution is 5.97. The van der Waals surface area contributed by atoms with Crippen LogP contribution in [0, 0.1) is 12.7 Å². The highest BCUT2D eigenvalue weighted by Gasteiger charge is 2.26. The maximum atomic E-state index is 14.7. The first-order valence-corrected chi connectivity index (χ1v) is 9.78. The highest BCUT2D eigenvalue weighted by Crippen LogP contribution is 2.27. The molecule has 0 N–H and O–H groups in total. The fraction of sp³-hybridized carbons (Fsp3) is 0.304. The molecule has 2 heterocycles. The zero-order valence-corrected chi connectivity index (χ0v) is 17.3. The van der Waals surface area contributed by atoms with Gasteiger partial charge in [-0.1, -0.05) is 0 Å². The molecule has 0 atom stereocenters. The van der Waals surface area contributed by atoms with E-state index in [-0.39, 0.29) is 11.7 Å². The molecule has 1 aromatic heterocycles. The summed E-state index contributed by atoms with van der Waals surface area (Å²) < 4.78 is 27.2. The zero-order valence-electron chi connectivity index (χ0n) is 17.3. The molecule has 1 amide bonds. The number of amides is 1. The second-order valence-corrected chi connectivity index (χ2v) is 7.40. The van der Waals surface area contributed by atoms with E-state index in [1.54, 1.807) is 43.6 Å². The normalized spacial score (nSPS) is 13.3. The first-order valence-electron chi connectivity index (χ1n) is 9.78. The number of halogens is 1. The van der Waals surface area contributed by atoms with Gasteiger partial charge in [-0.2, -0.15) is 0 Å². The minimum atomic E-state index is -0.291. The Labute approximate surface area is 174 Å². The number of hydrogen-bond donors (Lipinski definition) is 0. The summed E-state index contributed by atoms with van der Waals surface area (Å²) in [6.45, 7) is 3.17. The quantitative estimate of drug-likeness (QED) is 0.624. The van der Waals surface area contributed by atoms with E-state index in [9.17, 15) is 9.18 Å². The summed E-state index contributed by atoms with van der Waals surface area (Å²) in [4.78, 5) is 19.1.